The van der Waals surface area contributed by atoms with E-state index in [1.54, 1.807) is 10.6 Å². The molecule has 4 rings (SSSR count). The van der Waals surface area contributed by atoms with Crippen molar-refractivity contribution in [2.75, 3.05) is 12.3 Å². The van der Waals surface area contributed by atoms with E-state index in [4.69, 9.17) is 22.1 Å². The summed E-state index contributed by atoms with van der Waals surface area (Å²) in [5.41, 5.74) is 8.38. The van der Waals surface area contributed by atoms with Crippen LogP contribution in [0, 0.1) is 0 Å². The van der Waals surface area contributed by atoms with E-state index in [1.807, 2.05) is 32.0 Å². The number of para-hydroxylation sites is 2. The first-order valence-corrected chi connectivity index (χ1v) is 11.8. The Balaban J connectivity index is 1.90. The van der Waals surface area contributed by atoms with E-state index in [9.17, 15) is 8.42 Å². The van der Waals surface area contributed by atoms with Gasteiger partial charge in [0.05, 0.1) is 22.0 Å². The lowest BCUT2D eigenvalue weighted by atomic mass is 10.3. The third kappa shape index (κ3) is 4.11. The van der Waals surface area contributed by atoms with Crippen LogP contribution in [0.3, 0.4) is 0 Å². The summed E-state index contributed by atoms with van der Waals surface area (Å²) in [5.74, 6) is 0.116. The molecule has 0 fully saturated rings. The van der Waals surface area contributed by atoms with Crippen molar-refractivity contribution in [1.29, 1.82) is 0 Å². The summed E-state index contributed by atoms with van der Waals surface area (Å²) >= 11 is 5.94. The van der Waals surface area contributed by atoms with Gasteiger partial charge in [0.2, 0.25) is 9.84 Å². The highest BCUT2D eigenvalue weighted by Crippen LogP contribution is 2.35. The minimum Gasteiger partial charge on any atom is -0.384 e. The van der Waals surface area contributed by atoms with Crippen molar-refractivity contribution in [2.45, 2.75) is 42.7 Å². The molecule has 7 nitrogen and oxygen atoms in total. The molecule has 0 amide bonds. The van der Waals surface area contributed by atoms with E-state index in [2.05, 4.69) is 9.97 Å². The van der Waals surface area contributed by atoms with Crippen molar-refractivity contribution in [1.82, 2.24) is 14.5 Å². The molecular weight excluding hydrogens is 436 g/mol. The van der Waals surface area contributed by atoms with Gasteiger partial charge in [0.1, 0.15) is 16.2 Å². The second-order valence-corrected chi connectivity index (χ2v) is 9.80. The molecule has 162 valence electrons. The van der Waals surface area contributed by atoms with Crippen molar-refractivity contribution in [3.8, 4) is 0 Å². The Hall–Kier alpha value is -2.68. The summed E-state index contributed by atoms with van der Waals surface area (Å²) in [6.45, 7) is 4.91. The van der Waals surface area contributed by atoms with Gasteiger partial charge in [-0.2, -0.15) is 0 Å². The zero-order chi connectivity index (χ0) is 22.2. The largest absolute Gasteiger partial charge is 0.384 e. The number of hydrogen-bond donors (Lipinski definition) is 1. The maximum atomic E-state index is 13.5. The predicted molar refractivity (Wildman–Crippen MR) is 122 cm³/mol. The number of nitrogen functional groups attached to an aromatic ring is 1. The van der Waals surface area contributed by atoms with Gasteiger partial charge in [-0.05, 0) is 56.7 Å². The van der Waals surface area contributed by atoms with Crippen molar-refractivity contribution in [3.63, 3.8) is 0 Å². The quantitative estimate of drug-likeness (QED) is 0.410. The number of rotatable bonds is 7. The van der Waals surface area contributed by atoms with Gasteiger partial charge in [0, 0.05) is 18.2 Å². The highest BCUT2D eigenvalue weighted by atomic mass is 35.5. The first-order valence-electron chi connectivity index (χ1n) is 9.95. The Morgan fingerprint density at radius 2 is 1.71 bits per heavy atom. The van der Waals surface area contributed by atoms with Crippen LogP contribution in [0.2, 0.25) is 5.02 Å². The van der Waals surface area contributed by atoms with Crippen LogP contribution in [0.4, 0.5) is 5.82 Å². The Morgan fingerprint density at radius 3 is 2.35 bits per heavy atom. The van der Waals surface area contributed by atoms with E-state index in [1.165, 1.54) is 24.3 Å². The Labute approximate surface area is 185 Å². The minimum atomic E-state index is -3.94. The number of anilines is 1. The number of fused-ring (bicyclic) bond motifs is 2. The third-order valence-electron chi connectivity index (χ3n) is 4.92. The Kier molecular flexibility index (Phi) is 5.88. The molecule has 0 atom stereocenters. The number of benzene rings is 2. The fourth-order valence-electron chi connectivity index (χ4n) is 3.45. The topological polar surface area (TPSA) is 100 Å². The van der Waals surface area contributed by atoms with Gasteiger partial charge in [-0.25, -0.2) is 18.4 Å². The van der Waals surface area contributed by atoms with Crippen LogP contribution in [-0.4, -0.2) is 35.7 Å². The minimum absolute atomic E-state index is 0.0344. The van der Waals surface area contributed by atoms with Crippen LogP contribution in [0.1, 0.15) is 20.3 Å². The number of aryl methyl sites for hydroxylation is 1. The lowest BCUT2D eigenvalue weighted by Crippen LogP contribution is -2.11. The average Bonchev–Trinajstić information content (AvgIpc) is 3.00. The van der Waals surface area contributed by atoms with E-state index in [0.29, 0.717) is 41.3 Å². The van der Waals surface area contributed by atoms with E-state index in [-0.39, 0.29) is 27.2 Å². The maximum Gasteiger partial charge on any atom is 0.212 e. The van der Waals surface area contributed by atoms with Crippen molar-refractivity contribution in [2.24, 2.45) is 0 Å². The molecule has 2 heterocycles. The SMILES string of the molecule is CC(C)OCCCn1c(N)c(S(=O)(=O)c2ccc(Cl)cc2)c2nc3ccccc3nc21. The second-order valence-electron chi connectivity index (χ2n) is 7.48. The van der Waals surface area contributed by atoms with Crippen LogP contribution >= 0.6 is 11.6 Å². The number of sulfone groups is 1. The van der Waals surface area contributed by atoms with E-state index >= 15 is 0 Å². The molecule has 0 aliphatic carbocycles. The van der Waals surface area contributed by atoms with Gasteiger partial charge in [-0.3, -0.25) is 0 Å². The second kappa shape index (κ2) is 8.45. The summed E-state index contributed by atoms with van der Waals surface area (Å²) in [5, 5.41) is 0.449. The molecule has 0 aliphatic heterocycles. The molecule has 4 aromatic rings. The molecule has 0 saturated heterocycles. The highest BCUT2D eigenvalue weighted by molar-refractivity contribution is 7.92. The molecule has 0 radical (unpaired) electrons. The molecular formula is C22H23ClN4O3S. The molecule has 0 unspecified atom stereocenters. The monoisotopic (exact) mass is 458 g/mol. The zero-order valence-corrected chi connectivity index (χ0v) is 18.8. The van der Waals surface area contributed by atoms with E-state index in [0.717, 1.165) is 0 Å². The van der Waals surface area contributed by atoms with Crippen LogP contribution in [0.25, 0.3) is 22.2 Å². The third-order valence-corrected chi connectivity index (χ3v) is 7.00. The first kappa shape index (κ1) is 21.5. The van der Waals surface area contributed by atoms with Crippen LogP contribution < -0.4 is 5.73 Å². The van der Waals surface area contributed by atoms with Gasteiger partial charge >= 0.3 is 0 Å². The van der Waals surface area contributed by atoms with Crippen LogP contribution in [0.15, 0.2) is 58.3 Å². The van der Waals surface area contributed by atoms with Crippen molar-refractivity contribution in [3.05, 3.63) is 53.6 Å². The number of halogens is 1. The van der Waals surface area contributed by atoms with Gasteiger partial charge in [-0.15, -0.1) is 0 Å². The smallest absolute Gasteiger partial charge is 0.212 e. The predicted octanol–water partition coefficient (Wildman–Crippen LogP) is 4.47. The van der Waals surface area contributed by atoms with Gasteiger partial charge in [-0.1, -0.05) is 23.7 Å². The lowest BCUT2D eigenvalue weighted by Gasteiger charge is -2.10. The molecule has 0 saturated carbocycles. The molecule has 2 aromatic carbocycles. The number of ether oxygens (including phenoxy) is 1. The Bertz CT molecular complexity index is 1350. The highest BCUT2D eigenvalue weighted by Gasteiger charge is 2.30. The van der Waals surface area contributed by atoms with E-state index < -0.39 is 9.84 Å². The molecule has 0 aliphatic rings. The van der Waals surface area contributed by atoms with Crippen LogP contribution in [-0.2, 0) is 21.1 Å². The normalized spacial score (nSPS) is 12.3. The van der Waals surface area contributed by atoms with Gasteiger partial charge in [0.15, 0.2) is 5.65 Å². The molecule has 0 spiro atoms. The first-order chi connectivity index (χ1) is 14.8. The molecule has 2 aromatic heterocycles. The number of nitrogens with zero attached hydrogens (tertiary/aromatic N) is 3. The zero-order valence-electron chi connectivity index (χ0n) is 17.2. The Morgan fingerprint density at radius 1 is 1.06 bits per heavy atom. The van der Waals surface area contributed by atoms with Gasteiger partial charge < -0.3 is 15.0 Å². The summed E-state index contributed by atoms with van der Waals surface area (Å²) in [7, 11) is -3.94. The van der Waals surface area contributed by atoms with Crippen molar-refractivity contribution >= 4 is 49.5 Å². The summed E-state index contributed by atoms with van der Waals surface area (Å²) in [6.07, 6.45) is 0.768. The standard InChI is InChI=1S/C22H23ClN4O3S/c1-14(2)30-13-5-12-27-21(24)20(31(28,29)16-10-8-15(23)9-11-16)19-22(27)26-18-7-4-3-6-17(18)25-19/h3-4,6-11,14H,5,12-13,24H2,1-2H3. The average molecular weight is 459 g/mol. The fraction of sp³-hybridized carbons (Fsp3) is 0.273. The molecule has 2 N–H and O–H groups in total. The lowest BCUT2D eigenvalue weighted by molar-refractivity contribution is 0.0751. The molecule has 31 heavy (non-hydrogen) atoms. The number of aromatic nitrogens is 3. The van der Waals surface area contributed by atoms with Gasteiger partial charge in [0.25, 0.3) is 0 Å². The van der Waals surface area contributed by atoms with Crippen LogP contribution in [0.5, 0.6) is 0 Å². The fourth-order valence-corrected chi connectivity index (χ4v) is 5.09. The summed E-state index contributed by atoms with van der Waals surface area (Å²) < 4.78 is 34.4. The molecule has 9 heteroatoms. The maximum absolute atomic E-state index is 13.5. The van der Waals surface area contributed by atoms with Crippen molar-refractivity contribution < 1.29 is 13.2 Å². The molecule has 0 bridgehead atoms. The number of nitrogens with two attached hydrogens (primary N) is 1. The summed E-state index contributed by atoms with van der Waals surface area (Å²) in [4.78, 5) is 9.38. The number of hydrogen-bond acceptors (Lipinski definition) is 6. The summed E-state index contributed by atoms with van der Waals surface area (Å²) in [6, 6.07) is 13.3.